The average Bonchev–Trinajstić information content (AvgIpc) is 3.40. The number of benzene rings is 2. The molecule has 4 rings (SSSR count). The number of nitrogens with zero attached hydrogens (tertiary/aromatic N) is 1. The molecule has 3 atom stereocenters. The highest BCUT2D eigenvalue weighted by molar-refractivity contribution is 8.24. The minimum atomic E-state index is -0.334. The van der Waals surface area contributed by atoms with Crippen molar-refractivity contribution in [3.63, 3.8) is 0 Å². The maximum atomic E-state index is 13.5. The average molecular weight is 576 g/mol. The van der Waals surface area contributed by atoms with Gasteiger partial charge in [0.05, 0.1) is 19.9 Å². The Kier molecular flexibility index (Phi) is 10.6. The third-order valence-electron chi connectivity index (χ3n) is 7.43. The number of nitriles is 1. The summed E-state index contributed by atoms with van der Waals surface area (Å²) in [6, 6.07) is 14.5. The zero-order chi connectivity index (χ0) is 28.6. The number of allylic oxidation sites excluding steroid dienone is 2. The van der Waals surface area contributed by atoms with Crippen molar-refractivity contribution < 1.29 is 19.1 Å². The Morgan fingerprint density at radius 1 is 0.950 bits per heavy atom. The molecule has 0 spiro atoms. The van der Waals surface area contributed by atoms with Gasteiger partial charge in [-0.2, -0.15) is 5.26 Å². The van der Waals surface area contributed by atoms with E-state index in [4.69, 9.17) is 9.47 Å². The third kappa shape index (κ3) is 7.03. The summed E-state index contributed by atoms with van der Waals surface area (Å²) >= 11 is 2.61. The summed E-state index contributed by atoms with van der Waals surface area (Å²) < 4.78 is 13.1. The van der Waals surface area contributed by atoms with Gasteiger partial charge in [0.1, 0.15) is 28.9 Å². The van der Waals surface area contributed by atoms with E-state index < -0.39 is 0 Å². The molecule has 0 saturated heterocycles. The van der Waals surface area contributed by atoms with Gasteiger partial charge in [-0.3, -0.25) is 9.59 Å². The Labute approximate surface area is 246 Å². The van der Waals surface area contributed by atoms with Crippen LogP contribution in [0.1, 0.15) is 82.5 Å². The monoisotopic (exact) mass is 575 g/mol. The van der Waals surface area contributed by atoms with Gasteiger partial charge in [-0.05, 0) is 43.7 Å². The van der Waals surface area contributed by atoms with E-state index >= 15 is 0 Å². The number of carbonyl (C=O) groups excluding carboxylic acids is 2. The lowest BCUT2D eigenvalue weighted by molar-refractivity contribution is -0.140. The molecule has 0 amide bonds. The summed E-state index contributed by atoms with van der Waals surface area (Å²) in [5.74, 6) is 1.49. The first kappa shape index (κ1) is 30.0. The molecule has 210 valence electrons. The van der Waals surface area contributed by atoms with Gasteiger partial charge >= 0.3 is 5.97 Å². The molecular formula is C33H37NO4S2. The summed E-state index contributed by atoms with van der Waals surface area (Å²) in [7, 11) is 0. The lowest BCUT2D eigenvalue weighted by Gasteiger charge is -2.25. The van der Waals surface area contributed by atoms with Crippen LogP contribution in [-0.2, 0) is 4.79 Å². The minimum Gasteiger partial charge on any atom is -0.461 e. The Morgan fingerprint density at radius 2 is 1.52 bits per heavy atom. The van der Waals surface area contributed by atoms with E-state index in [9.17, 15) is 14.9 Å². The van der Waals surface area contributed by atoms with Gasteiger partial charge in [0.25, 0.3) is 0 Å². The lowest BCUT2D eigenvalue weighted by Crippen LogP contribution is -2.24. The van der Waals surface area contributed by atoms with Crippen LogP contribution in [0.3, 0.4) is 0 Å². The van der Waals surface area contributed by atoms with Crippen LogP contribution in [0, 0.1) is 29.1 Å². The van der Waals surface area contributed by atoms with Crippen molar-refractivity contribution in [2.45, 2.75) is 81.9 Å². The first-order valence-corrected chi connectivity index (χ1v) is 15.8. The number of hydrogen-bond acceptors (Lipinski definition) is 7. The molecule has 0 aliphatic carbocycles. The van der Waals surface area contributed by atoms with Crippen LogP contribution in [0.15, 0.2) is 74.4 Å². The number of unbranched alkanes of at least 4 members (excludes halogenated alkanes) is 2. The maximum Gasteiger partial charge on any atom is 0.314 e. The van der Waals surface area contributed by atoms with Gasteiger partial charge in [0, 0.05) is 11.5 Å². The zero-order valence-corrected chi connectivity index (χ0v) is 25.2. The number of carbonyl (C=O) groups is 2. The van der Waals surface area contributed by atoms with E-state index in [0.29, 0.717) is 32.1 Å². The first-order valence-electron chi connectivity index (χ1n) is 14.2. The highest BCUT2D eigenvalue weighted by Crippen LogP contribution is 2.59. The summed E-state index contributed by atoms with van der Waals surface area (Å²) in [6.07, 6.45) is 7.54. The third-order valence-corrected chi connectivity index (χ3v) is 10.1. The van der Waals surface area contributed by atoms with E-state index in [2.05, 4.69) is 33.4 Å². The summed E-state index contributed by atoms with van der Waals surface area (Å²) in [4.78, 5) is 28.2. The van der Waals surface area contributed by atoms with E-state index in [1.54, 1.807) is 30.3 Å². The van der Waals surface area contributed by atoms with Gasteiger partial charge in [0.2, 0.25) is 5.78 Å². The summed E-state index contributed by atoms with van der Waals surface area (Å²) in [5.41, 5.74) is 0.519. The molecule has 0 fully saturated rings. The number of Topliss-reactive ketones (excluding diaryl/α,β-unsaturated/α-hetero) is 1. The van der Waals surface area contributed by atoms with Crippen molar-refractivity contribution in [3.8, 4) is 17.6 Å². The highest BCUT2D eigenvalue weighted by Gasteiger charge is 2.34. The van der Waals surface area contributed by atoms with E-state index in [1.807, 2.05) is 12.1 Å². The fourth-order valence-electron chi connectivity index (χ4n) is 5.24. The molecule has 40 heavy (non-hydrogen) atoms. The number of ether oxygens (including phenoxy) is 2. The minimum absolute atomic E-state index is 0.0658. The Bertz CT molecular complexity index is 1260. The number of ketones is 1. The fourth-order valence-corrected chi connectivity index (χ4v) is 7.81. The lowest BCUT2D eigenvalue weighted by atomic mass is 9.84. The maximum absolute atomic E-state index is 13.5. The van der Waals surface area contributed by atoms with E-state index in [0.717, 1.165) is 62.0 Å². The molecule has 2 aliphatic heterocycles. The molecule has 2 aromatic rings. The molecule has 2 bridgehead atoms. The molecular weight excluding hydrogens is 539 g/mol. The quantitative estimate of drug-likeness (QED) is 0.102. The Morgan fingerprint density at radius 3 is 2.12 bits per heavy atom. The predicted octanol–water partition coefficient (Wildman–Crippen LogP) is 9.34. The van der Waals surface area contributed by atoms with Crippen LogP contribution in [0.2, 0.25) is 0 Å². The van der Waals surface area contributed by atoms with Crippen molar-refractivity contribution in [2.24, 2.45) is 17.8 Å². The van der Waals surface area contributed by atoms with Crippen LogP contribution in [0.5, 0.6) is 11.5 Å². The van der Waals surface area contributed by atoms with Crippen molar-refractivity contribution in [1.29, 1.82) is 5.26 Å². The molecule has 0 saturated carbocycles. The predicted molar refractivity (Wildman–Crippen MR) is 161 cm³/mol. The standard InChI is InChI=1S/C33H37NO4S2/c1-5-7-12-24-18-21(3)19-25(13-8-6-2)32(36)38-28-17-16-27(37-22(24)4)30-31(28)40-33(39-30)26(20-34)29(35)23-14-10-9-11-15-23/h9-11,14-17,21,24-25H,4-8,12-13,18-19H2,1-3H3/b33-26-. The van der Waals surface area contributed by atoms with Gasteiger partial charge in [0.15, 0.2) is 0 Å². The van der Waals surface area contributed by atoms with Gasteiger partial charge in [-0.1, -0.05) is 107 Å². The zero-order valence-electron chi connectivity index (χ0n) is 23.5. The number of hydrogen-bond donors (Lipinski definition) is 0. The topological polar surface area (TPSA) is 76.4 Å². The van der Waals surface area contributed by atoms with Crippen LogP contribution < -0.4 is 9.47 Å². The second-order valence-electron chi connectivity index (χ2n) is 10.6. The molecule has 0 radical (unpaired) electrons. The van der Waals surface area contributed by atoms with Crippen molar-refractivity contribution in [1.82, 2.24) is 0 Å². The van der Waals surface area contributed by atoms with Crippen molar-refractivity contribution in [2.75, 3.05) is 0 Å². The summed E-state index contributed by atoms with van der Waals surface area (Å²) in [6.45, 7) is 10.9. The van der Waals surface area contributed by atoms with Crippen LogP contribution >= 0.6 is 23.5 Å². The normalized spacial score (nSPS) is 22.2. The SMILES string of the molecule is C=C1Oc2ccc(c3c2S/C(=C(\C#N)C(=O)c2ccccc2)S3)OC(=O)C(CCCC)CC(C)CC1CCCC. The number of rotatable bonds is 8. The second-order valence-corrected chi connectivity index (χ2v) is 12.9. The number of fused-ring (bicyclic) bond motifs is 6. The largest absolute Gasteiger partial charge is 0.461 e. The molecule has 3 unspecified atom stereocenters. The molecule has 2 aliphatic rings. The molecule has 0 aromatic heterocycles. The van der Waals surface area contributed by atoms with Gasteiger partial charge in [-0.15, -0.1) is 0 Å². The van der Waals surface area contributed by atoms with Gasteiger partial charge < -0.3 is 9.47 Å². The Balaban J connectivity index is 1.76. The smallest absolute Gasteiger partial charge is 0.314 e. The summed E-state index contributed by atoms with van der Waals surface area (Å²) in [5, 5.41) is 10.0. The highest BCUT2D eigenvalue weighted by atomic mass is 32.2. The number of esters is 1. The Hall–Kier alpha value is -2.95. The van der Waals surface area contributed by atoms with Crippen LogP contribution in [0.4, 0.5) is 0 Å². The fraction of sp³-hybridized carbons (Fsp3) is 0.424. The second kappa shape index (κ2) is 14.1. The molecule has 5 nitrogen and oxygen atoms in total. The van der Waals surface area contributed by atoms with Crippen molar-refractivity contribution in [3.05, 3.63) is 70.2 Å². The molecule has 0 N–H and O–H groups in total. The molecule has 2 aromatic carbocycles. The molecule has 7 heteroatoms. The number of thioether (sulfide) groups is 2. The van der Waals surface area contributed by atoms with Crippen molar-refractivity contribution >= 4 is 35.3 Å². The van der Waals surface area contributed by atoms with E-state index in [-0.39, 0.29) is 29.2 Å². The first-order chi connectivity index (χ1) is 19.4. The van der Waals surface area contributed by atoms with Crippen LogP contribution in [0.25, 0.3) is 0 Å². The molecule has 2 heterocycles. The van der Waals surface area contributed by atoms with Crippen LogP contribution in [-0.4, -0.2) is 11.8 Å². The van der Waals surface area contributed by atoms with E-state index in [1.165, 1.54) is 23.5 Å². The van der Waals surface area contributed by atoms with Gasteiger partial charge in [-0.25, -0.2) is 0 Å².